The van der Waals surface area contributed by atoms with E-state index in [1.807, 2.05) is 37.5 Å². The molecule has 23 heavy (non-hydrogen) atoms. The lowest BCUT2D eigenvalue weighted by molar-refractivity contribution is 0.711. The van der Waals surface area contributed by atoms with Crippen molar-refractivity contribution in [3.63, 3.8) is 0 Å². The van der Waals surface area contributed by atoms with E-state index in [9.17, 15) is 0 Å². The topological polar surface area (TPSA) is 72.9 Å². The summed E-state index contributed by atoms with van der Waals surface area (Å²) in [5, 5.41) is 13.3. The number of benzene rings is 1. The van der Waals surface area contributed by atoms with Crippen LogP contribution in [-0.4, -0.2) is 29.4 Å². The molecule has 0 saturated heterocycles. The van der Waals surface area contributed by atoms with Crippen molar-refractivity contribution in [3.8, 4) is 11.3 Å². The van der Waals surface area contributed by atoms with Gasteiger partial charge in [0.25, 0.3) is 0 Å². The van der Waals surface area contributed by atoms with Gasteiger partial charge in [0.2, 0.25) is 10.1 Å². The smallest absolute Gasteiger partial charge is 0.214 e. The second kappa shape index (κ2) is 5.64. The quantitative estimate of drug-likeness (QED) is 0.615. The van der Waals surface area contributed by atoms with Crippen LogP contribution in [0.1, 0.15) is 5.82 Å². The SMILES string of the molecule is Cn1ncnc1CNc1nn2cc(-c3ccc(Cl)cc3)nc2s1. The molecule has 7 nitrogen and oxygen atoms in total. The summed E-state index contributed by atoms with van der Waals surface area (Å²) in [5.41, 5.74) is 1.89. The minimum atomic E-state index is 0.567. The summed E-state index contributed by atoms with van der Waals surface area (Å²) in [7, 11) is 1.86. The normalized spacial score (nSPS) is 11.2. The van der Waals surface area contributed by atoms with E-state index in [0.717, 1.165) is 27.2 Å². The first-order valence-corrected chi connectivity index (χ1v) is 8.07. The molecule has 0 bridgehead atoms. The van der Waals surface area contributed by atoms with Crippen LogP contribution in [0.25, 0.3) is 16.2 Å². The molecule has 116 valence electrons. The Labute approximate surface area is 140 Å². The Kier molecular flexibility index (Phi) is 3.47. The van der Waals surface area contributed by atoms with E-state index in [1.165, 1.54) is 17.7 Å². The van der Waals surface area contributed by atoms with Crippen molar-refractivity contribution in [2.75, 3.05) is 5.32 Å². The Bertz CT molecular complexity index is 922. The summed E-state index contributed by atoms with van der Waals surface area (Å²) in [5.74, 6) is 0.847. The van der Waals surface area contributed by atoms with Crippen LogP contribution in [0.15, 0.2) is 36.8 Å². The van der Waals surface area contributed by atoms with Crippen LogP contribution in [0.4, 0.5) is 5.13 Å². The van der Waals surface area contributed by atoms with E-state index in [4.69, 9.17) is 11.6 Å². The molecule has 0 spiro atoms. The molecule has 4 rings (SSSR count). The summed E-state index contributed by atoms with van der Waals surface area (Å²) in [6, 6.07) is 7.60. The predicted molar refractivity (Wildman–Crippen MR) is 89.6 cm³/mol. The number of nitrogens with one attached hydrogen (secondary N) is 1. The Balaban J connectivity index is 1.54. The highest BCUT2D eigenvalue weighted by Crippen LogP contribution is 2.25. The number of halogens is 1. The second-order valence-electron chi connectivity index (χ2n) is 4.92. The van der Waals surface area contributed by atoms with Crippen molar-refractivity contribution < 1.29 is 0 Å². The van der Waals surface area contributed by atoms with Gasteiger partial charge in [0.1, 0.15) is 12.2 Å². The van der Waals surface area contributed by atoms with Crippen LogP contribution in [0.5, 0.6) is 0 Å². The van der Waals surface area contributed by atoms with Gasteiger partial charge in [-0.25, -0.2) is 14.5 Å². The third kappa shape index (κ3) is 2.78. The van der Waals surface area contributed by atoms with Gasteiger partial charge >= 0.3 is 0 Å². The third-order valence-electron chi connectivity index (χ3n) is 3.39. The van der Waals surface area contributed by atoms with Crippen LogP contribution < -0.4 is 5.32 Å². The number of anilines is 1. The van der Waals surface area contributed by atoms with Gasteiger partial charge < -0.3 is 5.32 Å². The molecular formula is C14H12ClN7S. The Morgan fingerprint density at radius 2 is 2.09 bits per heavy atom. The molecule has 3 heterocycles. The Hall–Kier alpha value is -2.45. The van der Waals surface area contributed by atoms with Gasteiger partial charge in [0, 0.05) is 17.6 Å². The number of fused-ring (bicyclic) bond motifs is 1. The molecule has 0 unspecified atom stereocenters. The lowest BCUT2D eigenvalue weighted by Crippen LogP contribution is -2.06. The molecule has 1 aromatic carbocycles. The molecule has 0 radical (unpaired) electrons. The number of hydrogen-bond acceptors (Lipinski definition) is 6. The van der Waals surface area contributed by atoms with Crippen molar-refractivity contribution in [2.24, 2.45) is 7.05 Å². The van der Waals surface area contributed by atoms with Gasteiger partial charge in [0.15, 0.2) is 0 Å². The van der Waals surface area contributed by atoms with E-state index < -0.39 is 0 Å². The monoisotopic (exact) mass is 345 g/mol. The zero-order valence-corrected chi connectivity index (χ0v) is 13.7. The Morgan fingerprint density at radius 1 is 1.26 bits per heavy atom. The molecule has 0 aliphatic heterocycles. The van der Waals surface area contributed by atoms with Crippen LogP contribution in [0.3, 0.4) is 0 Å². The van der Waals surface area contributed by atoms with Crippen LogP contribution >= 0.6 is 22.9 Å². The average molecular weight is 346 g/mol. The Morgan fingerprint density at radius 3 is 2.78 bits per heavy atom. The molecule has 3 aromatic heterocycles. The largest absolute Gasteiger partial charge is 0.353 e. The predicted octanol–water partition coefficient (Wildman–Crippen LogP) is 2.85. The number of imidazole rings is 1. The van der Waals surface area contributed by atoms with Gasteiger partial charge in [-0.15, -0.1) is 5.10 Å². The fraction of sp³-hybridized carbons (Fsp3) is 0.143. The molecular weight excluding hydrogens is 334 g/mol. The van der Waals surface area contributed by atoms with Crippen molar-refractivity contribution in [1.82, 2.24) is 29.4 Å². The van der Waals surface area contributed by atoms with Crippen molar-refractivity contribution in [1.29, 1.82) is 0 Å². The van der Waals surface area contributed by atoms with E-state index in [-0.39, 0.29) is 0 Å². The maximum absolute atomic E-state index is 5.91. The fourth-order valence-electron chi connectivity index (χ4n) is 2.17. The first-order chi connectivity index (χ1) is 11.2. The number of nitrogens with zero attached hydrogens (tertiary/aromatic N) is 6. The maximum atomic E-state index is 5.91. The number of aromatic nitrogens is 6. The standard InChI is InChI=1S/C14H12ClN7S/c1-21-12(17-8-18-21)6-16-13-20-22-7-11(19-14(22)23-13)9-2-4-10(15)5-3-9/h2-5,7-8H,6H2,1H3,(H,16,20). The first kappa shape index (κ1) is 14.2. The fourth-order valence-corrected chi connectivity index (χ4v) is 3.07. The van der Waals surface area contributed by atoms with Crippen molar-refractivity contribution in [2.45, 2.75) is 6.54 Å². The van der Waals surface area contributed by atoms with E-state index in [1.54, 1.807) is 9.20 Å². The summed E-state index contributed by atoms with van der Waals surface area (Å²) in [4.78, 5) is 9.59. The maximum Gasteiger partial charge on any atom is 0.214 e. The average Bonchev–Trinajstić information content (AvgIpc) is 3.20. The summed E-state index contributed by atoms with van der Waals surface area (Å²) < 4.78 is 3.50. The third-order valence-corrected chi connectivity index (χ3v) is 4.52. The van der Waals surface area contributed by atoms with E-state index in [0.29, 0.717) is 11.6 Å². The van der Waals surface area contributed by atoms with Crippen LogP contribution in [-0.2, 0) is 13.6 Å². The molecule has 4 aromatic rings. The summed E-state index contributed by atoms with van der Waals surface area (Å²) in [6.07, 6.45) is 3.44. The minimum Gasteiger partial charge on any atom is -0.353 e. The van der Waals surface area contributed by atoms with Crippen LogP contribution in [0.2, 0.25) is 5.02 Å². The molecule has 0 fully saturated rings. The van der Waals surface area contributed by atoms with Gasteiger partial charge in [0.05, 0.1) is 18.4 Å². The van der Waals surface area contributed by atoms with Crippen LogP contribution in [0, 0.1) is 0 Å². The second-order valence-corrected chi connectivity index (χ2v) is 6.31. The number of rotatable bonds is 4. The number of aryl methyl sites for hydroxylation is 1. The van der Waals surface area contributed by atoms with Gasteiger partial charge in [-0.3, -0.25) is 4.68 Å². The summed E-state index contributed by atoms with van der Waals surface area (Å²) >= 11 is 7.40. The first-order valence-electron chi connectivity index (χ1n) is 6.88. The molecule has 0 saturated carbocycles. The molecule has 1 N–H and O–H groups in total. The molecule has 0 aliphatic rings. The molecule has 0 amide bonds. The molecule has 0 atom stereocenters. The van der Waals surface area contributed by atoms with Crippen molar-refractivity contribution >= 4 is 33.0 Å². The molecule has 0 aliphatic carbocycles. The highest BCUT2D eigenvalue weighted by Gasteiger charge is 2.10. The zero-order valence-electron chi connectivity index (χ0n) is 12.1. The van der Waals surface area contributed by atoms with Crippen molar-refractivity contribution in [3.05, 3.63) is 47.6 Å². The lowest BCUT2D eigenvalue weighted by atomic mass is 10.2. The highest BCUT2D eigenvalue weighted by atomic mass is 35.5. The van der Waals surface area contributed by atoms with Gasteiger partial charge in [-0.2, -0.15) is 5.10 Å². The lowest BCUT2D eigenvalue weighted by Gasteiger charge is -2.00. The number of hydrogen-bond donors (Lipinski definition) is 1. The summed E-state index contributed by atoms with van der Waals surface area (Å²) in [6.45, 7) is 0.567. The minimum absolute atomic E-state index is 0.567. The highest BCUT2D eigenvalue weighted by molar-refractivity contribution is 7.20. The zero-order chi connectivity index (χ0) is 15.8. The van der Waals surface area contributed by atoms with E-state index in [2.05, 4.69) is 25.5 Å². The van der Waals surface area contributed by atoms with Gasteiger partial charge in [-0.05, 0) is 12.1 Å². The molecule has 9 heteroatoms. The van der Waals surface area contributed by atoms with Gasteiger partial charge in [-0.1, -0.05) is 35.1 Å². The van der Waals surface area contributed by atoms with E-state index >= 15 is 0 Å².